The number of nitrogens with zero attached hydrogens (tertiary/aromatic N) is 1. The highest BCUT2D eigenvalue weighted by Crippen LogP contribution is 2.28. The predicted octanol–water partition coefficient (Wildman–Crippen LogP) is 1.27. The summed E-state index contributed by atoms with van der Waals surface area (Å²) in [6.45, 7) is 1.51. The number of rotatable bonds is 3. The molecule has 110 valence electrons. The van der Waals surface area contributed by atoms with Gasteiger partial charge < -0.3 is 4.74 Å². The van der Waals surface area contributed by atoms with Crippen LogP contribution in [-0.2, 0) is 19.6 Å². The summed E-state index contributed by atoms with van der Waals surface area (Å²) in [7, 11) is -2.74. The fourth-order valence-electron chi connectivity index (χ4n) is 2.22. The maximum absolute atomic E-state index is 13.5. The summed E-state index contributed by atoms with van der Waals surface area (Å²) in [5.74, 6) is -0.735. The predicted molar refractivity (Wildman–Crippen MR) is 70.4 cm³/mol. The lowest BCUT2D eigenvalue weighted by Gasteiger charge is -2.21. The summed E-state index contributed by atoms with van der Waals surface area (Å²) in [5, 5.41) is 0. The molecule has 0 aliphatic carbocycles. The lowest BCUT2D eigenvalue weighted by molar-refractivity contribution is -0.144. The van der Waals surface area contributed by atoms with E-state index in [4.69, 9.17) is 0 Å². The van der Waals surface area contributed by atoms with Gasteiger partial charge in [0.15, 0.2) is 0 Å². The minimum Gasteiger partial charge on any atom is -0.468 e. The molecule has 0 aromatic heterocycles. The lowest BCUT2D eigenvalue weighted by atomic mass is 10.2. The van der Waals surface area contributed by atoms with Gasteiger partial charge in [-0.3, -0.25) is 4.79 Å². The minimum absolute atomic E-state index is 0.0473. The average molecular weight is 301 g/mol. The van der Waals surface area contributed by atoms with Crippen LogP contribution in [0.15, 0.2) is 29.2 Å². The molecule has 2 rings (SSSR count). The molecule has 0 amide bonds. The van der Waals surface area contributed by atoms with E-state index in [2.05, 4.69) is 4.74 Å². The first-order chi connectivity index (χ1) is 9.36. The number of hydrogen-bond acceptors (Lipinski definition) is 4. The molecule has 5 nitrogen and oxygen atoms in total. The second kappa shape index (κ2) is 5.49. The molecule has 1 saturated heterocycles. The normalized spacial score (nSPS) is 23.8. The standard InChI is InChI=1S/C13H16FNO4S/c1-9-3-5-11(6-4-9)20(17,18)15-8-10(14)7-12(15)13(16)19-2/h3-6,10,12H,7-8H2,1-2H3/t10-,12-/m0/s1. The Morgan fingerprint density at radius 1 is 1.35 bits per heavy atom. The largest absolute Gasteiger partial charge is 0.468 e. The van der Waals surface area contributed by atoms with Crippen molar-refractivity contribution in [1.82, 2.24) is 4.31 Å². The minimum atomic E-state index is -3.90. The molecule has 1 aliphatic rings. The topological polar surface area (TPSA) is 63.7 Å². The molecule has 20 heavy (non-hydrogen) atoms. The Labute approximate surface area is 117 Å². The summed E-state index contributed by atoms with van der Waals surface area (Å²) < 4.78 is 43.9. The number of esters is 1. The monoisotopic (exact) mass is 301 g/mol. The van der Waals surface area contributed by atoms with Crippen LogP contribution in [0.3, 0.4) is 0 Å². The van der Waals surface area contributed by atoms with Crippen molar-refractivity contribution in [2.45, 2.75) is 30.5 Å². The summed E-state index contributed by atoms with van der Waals surface area (Å²) in [6, 6.07) is 5.11. The van der Waals surface area contributed by atoms with E-state index in [1.165, 1.54) is 12.1 Å². The Hall–Kier alpha value is -1.47. The van der Waals surface area contributed by atoms with Crippen molar-refractivity contribution in [2.24, 2.45) is 0 Å². The number of sulfonamides is 1. The third-order valence-corrected chi connectivity index (χ3v) is 5.19. The van der Waals surface area contributed by atoms with E-state index in [0.717, 1.165) is 17.0 Å². The van der Waals surface area contributed by atoms with E-state index in [9.17, 15) is 17.6 Å². The van der Waals surface area contributed by atoms with E-state index < -0.39 is 28.2 Å². The molecule has 1 aromatic carbocycles. The van der Waals surface area contributed by atoms with Crippen LogP contribution in [-0.4, -0.2) is 44.6 Å². The van der Waals surface area contributed by atoms with Gasteiger partial charge in [-0.25, -0.2) is 12.8 Å². The number of halogens is 1. The van der Waals surface area contributed by atoms with Gasteiger partial charge in [0.25, 0.3) is 0 Å². The van der Waals surface area contributed by atoms with Crippen LogP contribution in [0.25, 0.3) is 0 Å². The molecule has 1 fully saturated rings. The summed E-state index contributed by atoms with van der Waals surface area (Å²) in [5.41, 5.74) is 0.915. The fourth-order valence-corrected chi connectivity index (χ4v) is 3.83. The molecular formula is C13H16FNO4S. The molecule has 0 unspecified atom stereocenters. The molecule has 7 heteroatoms. The molecule has 0 radical (unpaired) electrons. The van der Waals surface area contributed by atoms with E-state index in [1.54, 1.807) is 12.1 Å². The first-order valence-corrected chi connectivity index (χ1v) is 7.60. The molecule has 1 heterocycles. The number of ether oxygens (including phenoxy) is 1. The highest BCUT2D eigenvalue weighted by Gasteiger charge is 2.44. The van der Waals surface area contributed by atoms with Crippen molar-refractivity contribution in [3.8, 4) is 0 Å². The lowest BCUT2D eigenvalue weighted by Crippen LogP contribution is -2.41. The van der Waals surface area contributed by atoms with Gasteiger partial charge in [0.2, 0.25) is 10.0 Å². The van der Waals surface area contributed by atoms with Crippen LogP contribution in [0.2, 0.25) is 0 Å². The van der Waals surface area contributed by atoms with E-state index in [1.807, 2.05) is 6.92 Å². The second-order valence-corrected chi connectivity index (χ2v) is 6.65. The Balaban J connectivity index is 2.37. The SMILES string of the molecule is COC(=O)[C@@H]1C[C@H](F)CN1S(=O)(=O)c1ccc(C)cc1. The molecule has 0 saturated carbocycles. The summed E-state index contributed by atoms with van der Waals surface area (Å²) >= 11 is 0. The van der Waals surface area contributed by atoms with Crippen LogP contribution in [0.4, 0.5) is 4.39 Å². The number of aryl methyl sites for hydroxylation is 1. The van der Waals surface area contributed by atoms with Crippen molar-refractivity contribution in [2.75, 3.05) is 13.7 Å². The maximum atomic E-state index is 13.5. The van der Waals surface area contributed by atoms with Crippen LogP contribution in [0, 0.1) is 6.92 Å². The molecule has 0 N–H and O–H groups in total. The van der Waals surface area contributed by atoms with E-state index >= 15 is 0 Å². The van der Waals surface area contributed by atoms with E-state index in [-0.39, 0.29) is 17.9 Å². The number of methoxy groups -OCH3 is 1. The molecule has 1 aliphatic heterocycles. The highest BCUT2D eigenvalue weighted by molar-refractivity contribution is 7.89. The smallest absolute Gasteiger partial charge is 0.324 e. The van der Waals surface area contributed by atoms with Crippen LogP contribution < -0.4 is 0 Å². The van der Waals surface area contributed by atoms with Crippen molar-refractivity contribution in [1.29, 1.82) is 0 Å². The van der Waals surface area contributed by atoms with Crippen LogP contribution in [0.5, 0.6) is 0 Å². The number of alkyl halides is 1. The number of carbonyl (C=O) groups is 1. The zero-order valence-corrected chi connectivity index (χ0v) is 12.1. The first-order valence-electron chi connectivity index (χ1n) is 6.16. The zero-order chi connectivity index (χ0) is 14.9. The number of carbonyl (C=O) groups excluding carboxylic acids is 1. The van der Waals surface area contributed by atoms with Gasteiger partial charge >= 0.3 is 5.97 Å². The average Bonchev–Trinajstić information content (AvgIpc) is 2.81. The summed E-state index contributed by atoms with van der Waals surface area (Å²) in [6.07, 6.45) is -1.53. The van der Waals surface area contributed by atoms with Gasteiger partial charge in [0.1, 0.15) is 12.2 Å². The van der Waals surface area contributed by atoms with Crippen molar-refractivity contribution >= 4 is 16.0 Å². The van der Waals surface area contributed by atoms with Gasteiger partial charge in [-0.15, -0.1) is 0 Å². The van der Waals surface area contributed by atoms with Crippen molar-refractivity contribution < 1.29 is 22.3 Å². The number of hydrogen-bond donors (Lipinski definition) is 0. The van der Waals surface area contributed by atoms with Gasteiger partial charge in [-0.2, -0.15) is 4.31 Å². The highest BCUT2D eigenvalue weighted by atomic mass is 32.2. The fraction of sp³-hybridized carbons (Fsp3) is 0.462. The molecular weight excluding hydrogens is 285 g/mol. The number of benzene rings is 1. The van der Waals surface area contributed by atoms with Gasteiger partial charge in [-0.05, 0) is 19.1 Å². The maximum Gasteiger partial charge on any atom is 0.324 e. The Morgan fingerprint density at radius 3 is 2.50 bits per heavy atom. The first kappa shape index (κ1) is 14.9. The quantitative estimate of drug-likeness (QED) is 0.789. The summed E-state index contributed by atoms with van der Waals surface area (Å²) in [4.78, 5) is 11.7. The Morgan fingerprint density at radius 2 is 1.95 bits per heavy atom. The van der Waals surface area contributed by atoms with Crippen LogP contribution >= 0.6 is 0 Å². The molecule has 0 spiro atoms. The van der Waals surface area contributed by atoms with Gasteiger partial charge in [0, 0.05) is 13.0 Å². The van der Waals surface area contributed by atoms with E-state index in [0.29, 0.717) is 0 Å². The zero-order valence-electron chi connectivity index (χ0n) is 11.2. The van der Waals surface area contributed by atoms with Crippen molar-refractivity contribution in [3.05, 3.63) is 29.8 Å². The van der Waals surface area contributed by atoms with Gasteiger partial charge in [-0.1, -0.05) is 17.7 Å². The molecule has 0 bridgehead atoms. The molecule has 2 atom stereocenters. The molecule has 1 aromatic rings. The van der Waals surface area contributed by atoms with Crippen LogP contribution in [0.1, 0.15) is 12.0 Å². The Kier molecular flexibility index (Phi) is 4.10. The van der Waals surface area contributed by atoms with Gasteiger partial charge in [0.05, 0.1) is 12.0 Å². The van der Waals surface area contributed by atoms with Crippen molar-refractivity contribution in [3.63, 3.8) is 0 Å². The Bertz CT molecular complexity index is 599. The third kappa shape index (κ3) is 2.69. The second-order valence-electron chi connectivity index (χ2n) is 4.76. The third-order valence-electron chi connectivity index (χ3n) is 3.31.